The summed E-state index contributed by atoms with van der Waals surface area (Å²) in [4.78, 5) is 12.4. The first-order chi connectivity index (χ1) is 7.75. The second-order valence-electron chi connectivity index (χ2n) is 3.23. The Kier molecular flexibility index (Phi) is 3.69. The van der Waals surface area contributed by atoms with Gasteiger partial charge >= 0.3 is 0 Å². The molecule has 0 amide bonds. The van der Waals surface area contributed by atoms with Gasteiger partial charge in [0.1, 0.15) is 0 Å². The maximum absolute atomic E-state index is 5.86. The zero-order valence-corrected chi connectivity index (χ0v) is 10.3. The summed E-state index contributed by atoms with van der Waals surface area (Å²) >= 11 is 7.52. The lowest BCUT2D eigenvalue weighted by molar-refractivity contribution is 0.957. The summed E-state index contributed by atoms with van der Waals surface area (Å²) in [6.07, 6.45) is 4.04. The molecule has 2 heterocycles. The van der Waals surface area contributed by atoms with Crippen LogP contribution >= 0.6 is 22.9 Å². The Labute approximate surface area is 103 Å². The second kappa shape index (κ2) is 5.23. The normalized spacial score (nSPS) is 10.4. The monoisotopic (exact) mass is 254 g/mol. The quantitative estimate of drug-likeness (QED) is 0.911. The zero-order valence-electron chi connectivity index (χ0n) is 8.77. The molecule has 0 aromatic carbocycles. The first-order valence-electron chi connectivity index (χ1n) is 4.87. The van der Waals surface area contributed by atoms with Crippen molar-refractivity contribution in [1.29, 1.82) is 0 Å². The molecule has 0 aliphatic rings. The van der Waals surface area contributed by atoms with Crippen molar-refractivity contribution in [2.24, 2.45) is 0 Å². The minimum absolute atomic E-state index is 0.400. The van der Waals surface area contributed by atoms with Crippen LogP contribution in [0.4, 0.5) is 5.82 Å². The Balaban J connectivity index is 1.87. The van der Waals surface area contributed by atoms with E-state index < -0.39 is 0 Å². The minimum Gasteiger partial charge on any atom is -0.367 e. The average molecular weight is 255 g/mol. The largest absolute Gasteiger partial charge is 0.367 e. The number of halogens is 1. The molecule has 84 valence electrons. The van der Waals surface area contributed by atoms with Gasteiger partial charge in [-0.1, -0.05) is 11.6 Å². The number of thiazole rings is 1. The van der Waals surface area contributed by atoms with E-state index in [9.17, 15) is 0 Å². The van der Waals surface area contributed by atoms with Crippen LogP contribution in [0.25, 0.3) is 0 Å². The van der Waals surface area contributed by atoms with Crippen LogP contribution in [0.15, 0.2) is 17.8 Å². The summed E-state index contributed by atoms with van der Waals surface area (Å²) in [5.41, 5.74) is 1.09. The zero-order chi connectivity index (χ0) is 11.4. The van der Waals surface area contributed by atoms with Crippen molar-refractivity contribution in [1.82, 2.24) is 15.0 Å². The topological polar surface area (TPSA) is 50.7 Å². The van der Waals surface area contributed by atoms with Gasteiger partial charge in [-0.3, -0.25) is 0 Å². The smallest absolute Gasteiger partial charge is 0.171 e. The van der Waals surface area contributed by atoms with E-state index in [4.69, 9.17) is 11.6 Å². The van der Waals surface area contributed by atoms with E-state index in [0.717, 1.165) is 23.7 Å². The van der Waals surface area contributed by atoms with E-state index in [1.165, 1.54) is 0 Å². The maximum atomic E-state index is 5.86. The van der Waals surface area contributed by atoms with Crippen molar-refractivity contribution < 1.29 is 0 Å². The summed E-state index contributed by atoms with van der Waals surface area (Å²) in [6, 6.07) is 0. The number of aryl methyl sites for hydroxylation is 1. The van der Waals surface area contributed by atoms with E-state index in [1.807, 2.05) is 6.92 Å². The maximum Gasteiger partial charge on any atom is 0.171 e. The number of nitrogens with zero attached hydrogens (tertiary/aromatic N) is 3. The van der Waals surface area contributed by atoms with E-state index in [2.05, 4.69) is 25.6 Å². The van der Waals surface area contributed by atoms with Crippen molar-refractivity contribution in [2.75, 3.05) is 11.9 Å². The van der Waals surface area contributed by atoms with Gasteiger partial charge in [0.25, 0.3) is 0 Å². The van der Waals surface area contributed by atoms with Gasteiger partial charge in [-0.15, -0.1) is 11.3 Å². The molecule has 0 spiro atoms. The van der Waals surface area contributed by atoms with Crippen LogP contribution in [0.5, 0.6) is 0 Å². The Morgan fingerprint density at radius 3 is 2.88 bits per heavy atom. The predicted octanol–water partition coefficient (Wildman–Crippen LogP) is 2.55. The summed E-state index contributed by atoms with van der Waals surface area (Å²) in [7, 11) is 0. The van der Waals surface area contributed by atoms with Crippen LogP contribution in [0, 0.1) is 6.92 Å². The standard InChI is InChI=1S/C10H11ClN4S/c1-7-15-8(6-16-7)2-3-13-10-9(11)12-4-5-14-10/h4-6H,2-3H2,1H3,(H,13,14). The molecule has 0 saturated carbocycles. The molecule has 16 heavy (non-hydrogen) atoms. The second-order valence-corrected chi connectivity index (χ2v) is 4.65. The summed E-state index contributed by atoms with van der Waals surface area (Å²) < 4.78 is 0. The lowest BCUT2D eigenvalue weighted by Crippen LogP contribution is -2.07. The van der Waals surface area contributed by atoms with Crippen LogP contribution in [-0.4, -0.2) is 21.5 Å². The molecular weight excluding hydrogens is 244 g/mol. The molecule has 2 aromatic rings. The number of nitrogens with one attached hydrogen (secondary N) is 1. The highest BCUT2D eigenvalue weighted by molar-refractivity contribution is 7.09. The lowest BCUT2D eigenvalue weighted by Gasteiger charge is -2.04. The fourth-order valence-electron chi connectivity index (χ4n) is 1.27. The Hall–Kier alpha value is -1.20. The van der Waals surface area contributed by atoms with Gasteiger partial charge in [-0.05, 0) is 6.92 Å². The number of aromatic nitrogens is 3. The number of anilines is 1. The van der Waals surface area contributed by atoms with Gasteiger partial charge in [0, 0.05) is 30.7 Å². The van der Waals surface area contributed by atoms with Gasteiger partial charge in [0.2, 0.25) is 0 Å². The van der Waals surface area contributed by atoms with Gasteiger partial charge in [-0.2, -0.15) is 0 Å². The van der Waals surface area contributed by atoms with Crippen molar-refractivity contribution in [2.45, 2.75) is 13.3 Å². The van der Waals surface area contributed by atoms with Crippen molar-refractivity contribution in [3.8, 4) is 0 Å². The van der Waals surface area contributed by atoms with Crippen LogP contribution < -0.4 is 5.32 Å². The Morgan fingerprint density at radius 2 is 2.19 bits per heavy atom. The molecule has 2 aromatic heterocycles. The molecule has 0 bridgehead atoms. The highest BCUT2D eigenvalue weighted by Gasteiger charge is 2.02. The third kappa shape index (κ3) is 2.90. The van der Waals surface area contributed by atoms with Crippen molar-refractivity contribution >= 4 is 28.8 Å². The number of rotatable bonds is 4. The molecule has 6 heteroatoms. The summed E-state index contributed by atoms with van der Waals surface area (Å²) in [5.74, 6) is 0.621. The molecule has 0 unspecified atom stereocenters. The van der Waals surface area contributed by atoms with Crippen LogP contribution in [0.1, 0.15) is 10.7 Å². The van der Waals surface area contributed by atoms with Crippen LogP contribution in [-0.2, 0) is 6.42 Å². The third-order valence-corrected chi connectivity index (χ3v) is 3.09. The molecular formula is C10H11ClN4S. The fraction of sp³-hybridized carbons (Fsp3) is 0.300. The molecule has 0 radical (unpaired) electrons. The minimum atomic E-state index is 0.400. The molecule has 0 fully saturated rings. The van der Waals surface area contributed by atoms with Gasteiger partial charge in [-0.25, -0.2) is 15.0 Å². The number of hydrogen-bond donors (Lipinski definition) is 1. The van der Waals surface area contributed by atoms with Gasteiger partial charge in [0.15, 0.2) is 11.0 Å². The van der Waals surface area contributed by atoms with Crippen molar-refractivity contribution in [3.05, 3.63) is 33.6 Å². The SMILES string of the molecule is Cc1nc(CCNc2nccnc2Cl)cs1. The molecule has 1 N–H and O–H groups in total. The first kappa shape index (κ1) is 11.3. The predicted molar refractivity (Wildman–Crippen MR) is 66.1 cm³/mol. The number of hydrogen-bond acceptors (Lipinski definition) is 5. The molecule has 4 nitrogen and oxygen atoms in total. The lowest BCUT2D eigenvalue weighted by atomic mass is 10.3. The Morgan fingerprint density at radius 1 is 1.38 bits per heavy atom. The van der Waals surface area contributed by atoms with E-state index in [1.54, 1.807) is 23.7 Å². The highest BCUT2D eigenvalue weighted by Crippen LogP contribution is 2.14. The fourth-order valence-corrected chi connectivity index (χ4v) is 2.09. The van der Waals surface area contributed by atoms with Crippen molar-refractivity contribution in [3.63, 3.8) is 0 Å². The molecule has 0 saturated heterocycles. The van der Waals surface area contributed by atoms with Gasteiger partial charge in [0.05, 0.1) is 10.7 Å². The molecule has 0 atom stereocenters. The van der Waals surface area contributed by atoms with E-state index >= 15 is 0 Å². The van der Waals surface area contributed by atoms with Gasteiger partial charge < -0.3 is 5.32 Å². The molecule has 2 rings (SSSR count). The molecule has 0 aliphatic carbocycles. The summed E-state index contributed by atoms with van der Waals surface area (Å²) in [6.45, 7) is 2.75. The first-order valence-corrected chi connectivity index (χ1v) is 6.13. The van der Waals surface area contributed by atoms with Crippen LogP contribution in [0.3, 0.4) is 0 Å². The Bertz CT molecular complexity index is 471. The molecule has 0 aliphatic heterocycles. The van der Waals surface area contributed by atoms with E-state index in [-0.39, 0.29) is 0 Å². The summed E-state index contributed by atoms with van der Waals surface area (Å²) in [5, 5.41) is 6.68. The average Bonchev–Trinajstić information content (AvgIpc) is 2.67. The van der Waals surface area contributed by atoms with E-state index in [0.29, 0.717) is 11.0 Å². The highest BCUT2D eigenvalue weighted by atomic mass is 35.5. The van der Waals surface area contributed by atoms with Crippen LogP contribution in [0.2, 0.25) is 5.15 Å². The third-order valence-electron chi connectivity index (χ3n) is 1.99.